The van der Waals surface area contributed by atoms with Crippen LogP contribution in [0.25, 0.3) is 21.8 Å². The van der Waals surface area contributed by atoms with Crippen LogP contribution >= 0.6 is 0 Å². The number of aromatic amines is 2. The Bertz CT molecular complexity index is 1260. The van der Waals surface area contributed by atoms with Crippen LogP contribution in [0.5, 0.6) is 0 Å². The quantitative estimate of drug-likeness (QED) is 0.402. The lowest BCUT2D eigenvalue weighted by atomic mass is 9.86. The van der Waals surface area contributed by atoms with Gasteiger partial charge < -0.3 is 15.3 Å². The van der Waals surface area contributed by atoms with E-state index < -0.39 is 0 Å². The zero-order valence-electron chi connectivity index (χ0n) is 18.2. The molecule has 0 fully saturated rings. The number of carbonyl (C=O) groups is 1. The lowest BCUT2D eigenvalue weighted by Gasteiger charge is -2.18. The van der Waals surface area contributed by atoms with Crippen molar-refractivity contribution < 1.29 is 9.18 Å². The predicted octanol–water partition coefficient (Wildman–Crippen LogP) is 5.68. The maximum absolute atomic E-state index is 14.1. The van der Waals surface area contributed by atoms with Crippen molar-refractivity contribution in [3.63, 3.8) is 0 Å². The van der Waals surface area contributed by atoms with Crippen LogP contribution in [-0.2, 0) is 11.8 Å². The van der Waals surface area contributed by atoms with E-state index >= 15 is 0 Å². The molecular weight excluding hydrogens is 377 g/mol. The van der Waals surface area contributed by atoms with Gasteiger partial charge in [0.2, 0.25) is 0 Å². The lowest BCUT2D eigenvalue weighted by molar-refractivity contribution is 0.0950. The minimum Gasteiger partial charge on any atom is -0.356 e. The van der Waals surface area contributed by atoms with Gasteiger partial charge in [0.15, 0.2) is 0 Å². The van der Waals surface area contributed by atoms with Gasteiger partial charge >= 0.3 is 0 Å². The number of nitrogens with one attached hydrogen (secondary N) is 3. The topological polar surface area (TPSA) is 60.7 Å². The third-order valence-electron chi connectivity index (χ3n) is 5.82. The summed E-state index contributed by atoms with van der Waals surface area (Å²) in [6, 6.07) is 11.4. The number of H-pyrrole nitrogens is 2. The second-order valence-electron chi connectivity index (χ2n) is 9.08. The first-order chi connectivity index (χ1) is 14.1. The second kappa shape index (κ2) is 7.31. The fraction of sp³-hybridized carbons (Fsp3) is 0.320. The van der Waals surface area contributed by atoms with Gasteiger partial charge in [0.1, 0.15) is 11.5 Å². The number of amides is 1. The number of aromatic nitrogens is 2. The molecule has 0 unspecified atom stereocenters. The molecule has 0 spiro atoms. The average Bonchev–Trinajstić information content (AvgIpc) is 3.25. The van der Waals surface area contributed by atoms with E-state index in [1.807, 2.05) is 26.0 Å². The summed E-state index contributed by atoms with van der Waals surface area (Å²) in [4.78, 5) is 19.0. The smallest absolute Gasteiger partial charge is 0.267 e. The molecule has 5 heteroatoms. The Labute approximate surface area is 175 Å². The molecule has 0 bridgehead atoms. The van der Waals surface area contributed by atoms with Crippen LogP contribution in [0, 0.1) is 19.7 Å². The van der Waals surface area contributed by atoms with Crippen molar-refractivity contribution in [1.82, 2.24) is 15.3 Å². The van der Waals surface area contributed by atoms with Gasteiger partial charge in [0, 0.05) is 28.5 Å². The summed E-state index contributed by atoms with van der Waals surface area (Å²) in [5.74, 6) is -0.384. The Balaban J connectivity index is 1.50. The first-order valence-corrected chi connectivity index (χ1v) is 10.3. The molecule has 4 rings (SSSR count). The Morgan fingerprint density at radius 1 is 1.07 bits per heavy atom. The van der Waals surface area contributed by atoms with Gasteiger partial charge in [-0.1, -0.05) is 32.9 Å². The van der Waals surface area contributed by atoms with Crippen molar-refractivity contribution in [3.05, 3.63) is 70.3 Å². The molecule has 0 aliphatic heterocycles. The van der Waals surface area contributed by atoms with Crippen LogP contribution in [0.2, 0.25) is 0 Å². The van der Waals surface area contributed by atoms with E-state index in [9.17, 15) is 9.18 Å². The fourth-order valence-corrected chi connectivity index (χ4v) is 4.07. The SMILES string of the molecule is Cc1[nH]c2c(F)ccc(C)c2c1CCNC(=O)c1cc2cc(C(C)(C)C)ccc2[nH]1. The molecule has 156 valence electrons. The second-order valence-corrected chi connectivity index (χ2v) is 9.08. The number of fused-ring (bicyclic) bond motifs is 2. The van der Waals surface area contributed by atoms with Crippen molar-refractivity contribution in [2.24, 2.45) is 0 Å². The van der Waals surface area contributed by atoms with Gasteiger partial charge in [-0.3, -0.25) is 4.79 Å². The average molecular weight is 406 g/mol. The van der Waals surface area contributed by atoms with Crippen molar-refractivity contribution in [2.75, 3.05) is 6.54 Å². The fourth-order valence-electron chi connectivity index (χ4n) is 4.07. The van der Waals surface area contributed by atoms with Gasteiger partial charge in [-0.2, -0.15) is 0 Å². The standard InChI is InChI=1S/C25H28FN3O/c1-14-6-8-19(26)23-22(14)18(15(2)28-23)10-11-27-24(30)21-13-16-12-17(25(3,4)5)7-9-20(16)29-21/h6-9,12-13,28-29H,10-11H2,1-5H3,(H,27,30). The van der Waals surface area contributed by atoms with Gasteiger partial charge in [-0.15, -0.1) is 0 Å². The predicted molar refractivity (Wildman–Crippen MR) is 121 cm³/mol. The maximum Gasteiger partial charge on any atom is 0.267 e. The summed E-state index contributed by atoms with van der Waals surface area (Å²) >= 11 is 0. The number of hydrogen-bond acceptors (Lipinski definition) is 1. The van der Waals surface area contributed by atoms with Crippen LogP contribution in [-0.4, -0.2) is 22.4 Å². The van der Waals surface area contributed by atoms with Gasteiger partial charge in [0.05, 0.1) is 5.52 Å². The highest BCUT2D eigenvalue weighted by molar-refractivity contribution is 5.98. The molecule has 4 aromatic rings. The van der Waals surface area contributed by atoms with E-state index in [1.165, 1.54) is 11.6 Å². The van der Waals surface area contributed by atoms with Crippen LogP contribution in [0.1, 0.15) is 53.6 Å². The van der Waals surface area contributed by atoms with Gasteiger partial charge in [-0.25, -0.2) is 4.39 Å². The molecule has 0 atom stereocenters. The Morgan fingerprint density at radius 2 is 1.83 bits per heavy atom. The first-order valence-electron chi connectivity index (χ1n) is 10.3. The van der Waals surface area contributed by atoms with Crippen LogP contribution in [0.3, 0.4) is 0 Å². The molecule has 2 heterocycles. The highest BCUT2D eigenvalue weighted by Crippen LogP contribution is 2.28. The van der Waals surface area contributed by atoms with Crippen molar-refractivity contribution in [1.29, 1.82) is 0 Å². The molecule has 30 heavy (non-hydrogen) atoms. The number of carbonyl (C=O) groups excluding carboxylic acids is 1. The highest BCUT2D eigenvalue weighted by atomic mass is 19.1. The van der Waals surface area contributed by atoms with E-state index in [-0.39, 0.29) is 17.1 Å². The summed E-state index contributed by atoms with van der Waals surface area (Å²) in [5, 5.41) is 4.94. The van der Waals surface area contributed by atoms with E-state index in [4.69, 9.17) is 0 Å². The van der Waals surface area contributed by atoms with E-state index in [2.05, 4.69) is 48.2 Å². The summed E-state index contributed by atoms with van der Waals surface area (Å²) in [6.07, 6.45) is 0.635. The van der Waals surface area contributed by atoms with Crippen molar-refractivity contribution >= 4 is 27.7 Å². The molecule has 4 nitrogen and oxygen atoms in total. The van der Waals surface area contributed by atoms with Gasteiger partial charge in [-0.05, 0) is 66.6 Å². The zero-order chi connectivity index (χ0) is 21.6. The largest absolute Gasteiger partial charge is 0.356 e. The number of benzene rings is 2. The molecule has 0 saturated heterocycles. The summed E-state index contributed by atoms with van der Waals surface area (Å²) < 4.78 is 14.1. The minimum atomic E-state index is -0.248. The normalized spacial score (nSPS) is 12.1. The Morgan fingerprint density at radius 3 is 2.57 bits per heavy atom. The molecule has 0 aliphatic rings. The molecule has 2 aromatic heterocycles. The molecule has 1 amide bonds. The van der Waals surface area contributed by atoms with Crippen molar-refractivity contribution in [2.45, 2.75) is 46.5 Å². The summed E-state index contributed by atoms with van der Waals surface area (Å²) in [7, 11) is 0. The highest BCUT2D eigenvalue weighted by Gasteiger charge is 2.17. The minimum absolute atomic E-state index is 0.0582. The number of halogens is 1. The molecule has 3 N–H and O–H groups in total. The van der Waals surface area contributed by atoms with Crippen LogP contribution in [0.15, 0.2) is 36.4 Å². The number of rotatable bonds is 4. The summed E-state index contributed by atoms with van der Waals surface area (Å²) in [6.45, 7) is 10.9. The molecule has 0 radical (unpaired) electrons. The third kappa shape index (κ3) is 3.60. The zero-order valence-corrected chi connectivity index (χ0v) is 18.2. The molecular formula is C25H28FN3O. The third-order valence-corrected chi connectivity index (χ3v) is 5.82. The Hall–Kier alpha value is -3.08. The number of aryl methyl sites for hydroxylation is 2. The first kappa shape index (κ1) is 20.2. The van der Waals surface area contributed by atoms with E-state index in [1.54, 1.807) is 6.07 Å². The van der Waals surface area contributed by atoms with Crippen LogP contribution < -0.4 is 5.32 Å². The van der Waals surface area contributed by atoms with Crippen LogP contribution in [0.4, 0.5) is 4.39 Å². The number of hydrogen-bond donors (Lipinski definition) is 3. The van der Waals surface area contributed by atoms with E-state index in [0.717, 1.165) is 33.1 Å². The Kier molecular flexibility index (Phi) is 4.92. The summed E-state index contributed by atoms with van der Waals surface area (Å²) in [5.41, 5.74) is 6.35. The van der Waals surface area contributed by atoms with Gasteiger partial charge in [0.25, 0.3) is 5.91 Å². The maximum atomic E-state index is 14.1. The molecule has 0 aliphatic carbocycles. The molecule has 0 saturated carbocycles. The lowest BCUT2D eigenvalue weighted by Crippen LogP contribution is -2.26. The van der Waals surface area contributed by atoms with Crippen molar-refractivity contribution in [3.8, 4) is 0 Å². The molecule has 2 aromatic carbocycles. The monoisotopic (exact) mass is 405 g/mol. The van der Waals surface area contributed by atoms with E-state index in [0.29, 0.717) is 24.2 Å².